The summed E-state index contributed by atoms with van der Waals surface area (Å²) in [5, 5.41) is 15.1. The van der Waals surface area contributed by atoms with Gasteiger partial charge in [0.15, 0.2) is 6.19 Å². The first-order valence-electron chi connectivity index (χ1n) is 10.5. The topological polar surface area (TPSA) is 83.8 Å². The smallest absolute Gasteiger partial charge is 0.318 e. The number of piperazine rings is 1. The van der Waals surface area contributed by atoms with Crippen molar-refractivity contribution < 1.29 is 4.79 Å². The number of urea groups is 1. The largest absolute Gasteiger partial charge is 0.338 e. The molecule has 2 aromatic carbocycles. The molecule has 2 amide bonds. The molecule has 1 aliphatic heterocycles. The molecule has 7 nitrogen and oxygen atoms in total. The molecule has 0 radical (unpaired) electrons. The minimum Gasteiger partial charge on any atom is -0.338 e. The fraction of sp³-hybridized carbons (Fsp3) is 0.375. The van der Waals surface area contributed by atoms with Gasteiger partial charge >= 0.3 is 6.03 Å². The predicted octanol–water partition coefficient (Wildman–Crippen LogP) is 3.92. The van der Waals surface area contributed by atoms with Gasteiger partial charge < -0.3 is 15.1 Å². The molecule has 0 aromatic heterocycles. The van der Waals surface area contributed by atoms with Crippen molar-refractivity contribution in [1.82, 2.24) is 20.4 Å². The number of carbonyl (C=O) groups is 1. The summed E-state index contributed by atoms with van der Waals surface area (Å²) in [4.78, 5) is 21.7. The Morgan fingerprint density at radius 1 is 1.10 bits per heavy atom. The lowest BCUT2D eigenvalue weighted by atomic mass is 10.0. The van der Waals surface area contributed by atoms with Crippen molar-refractivity contribution in [1.29, 1.82) is 5.26 Å². The molecule has 1 saturated heterocycles. The van der Waals surface area contributed by atoms with Crippen LogP contribution in [-0.2, 0) is 0 Å². The molecule has 162 valence electrons. The van der Waals surface area contributed by atoms with Crippen molar-refractivity contribution in [2.24, 2.45) is 4.99 Å². The number of nitriles is 1. The van der Waals surface area contributed by atoms with E-state index in [0.717, 1.165) is 16.8 Å². The van der Waals surface area contributed by atoms with Crippen LogP contribution in [0.3, 0.4) is 0 Å². The number of guanidine groups is 1. The van der Waals surface area contributed by atoms with E-state index in [1.165, 1.54) is 0 Å². The van der Waals surface area contributed by atoms with Gasteiger partial charge in [0.25, 0.3) is 0 Å². The van der Waals surface area contributed by atoms with Crippen LogP contribution in [0.2, 0.25) is 0 Å². The number of aryl methyl sites for hydroxylation is 1. The number of hydrogen-bond donors (Lipinski definition) is 2. The molecule has 1 aliphatic rings. The third-order valence-electron chi connectivity index (χ3n) is 5.12. The van der Waals surface area contributed by atoms with Crippen molar-refractivity contribution in [3.05, 3.63) is 65.7 Å². The zero-order chi connectivity index (χ0) is 22.4. The van der Waals surface area contributed by atoms with Gasteiger partial charge in [-0.3, -0.25) is 5.32 Å². The van der Waals surface area contributed by atoms with Crippen LogP contribution in [0.15, 0.2) is 59.6 Å². The first kappa shape index (κ1) is 22.2. The maximum absolute atomic E-state index is 13.0. The Kier molecular flexibility index (Phi) is 6.81. The molecule has 0 aliphatic carbocycles. The highest BCUT2D eigenvalue weighted by Gasteiger charge is 2.34. The zero-order valence-corrected chi connectivity index (χ0v) is 18.6. The summed E-state index contributed by atoms with van der Waals surface area (Å²) in [5.74, 6) is 0.494. The number of nitrogens with one attached hydrogen (secondary N) is 2. The third kappa shape index (κ3) is 5.76. The average Bonchev–Trinajstić information content (AvgIpc) is 2.74. The standard InChI is InChI=1S/C24H30N6O/c1-18-10-8-9-13-20(18)27-22(26-17-25)29-14-15-30(23(31)28-24(2,3)4)21(16-29)19-11-6-5-7-12-19/h5-13,21H,14-16H2,1-4H3,(H,26,27)(H,28,31). The molecule has 0 saturated carbocycles. The Hall–Kier alpha value is -3.53. The minimum atomic E-state index is -0.324. The van der Waals surface area contributed by atoms with Gasteiger partial charge in [-0.15, -0.1) is 0 Å². The monoisotopic (exact) mass is 418 g/mol. The number of hydrogen-bond acceptors (Lipinski definition) is 3. The molecule has 0 bridgehead atoms. The van der Waals surface area contributed by atoms with Gasteiger partial charge in [-0.1, -0.05) is 48.5 Å². The van der Waals surface area contributed by atoms with E-state index in [2.05, 4.69) is 10.6 Å². The van der Waals surface area contributed by atoms with Crippen LogP contribution >= 0.6 is 0 Å². The summed E-state index contributed by atoms with van der Waals surface area (Å²) in [5.41, 5.74) is 2.56. The van der Waals surface area contributed by atoms with Crippen LogP contribution in [0.25, 0.3) is 0 Å². The van der Waals surface area contributed by atoms with Crippen molar-refractivity contribution in [2.75, 3.05) is 19.6 Å². The third-order valence-corrected chi connectivity index (χ3v) is 5.12. The summed E-state index contributed by atoms with van der Waals surface area (Å²) < 4.78 is 0. The van der Waals surface area contributed by atoms with Crippen molar-refractivity contribution >= 4 is 17.7 Å². The van der Waals surface area contributed by atoms with Crippen molar-refractivity contribution in [3.63, 3.8) is 0 Å². The Balaban J connectivity index is 1.91. The van der Waals surface area contributed by atoms with Crippen molar-refractivity contribution in [2.45, 2.75) is 39.3 Å². The van der Waals surface area contributed by atoms with E-state index < -0.39 is 0 Å². The summed E-state index contributed by atoms with van der Waals surface area (Å²) in [6, 6.07) is 17.5. The fourth-order valence-corrected chi connectivity index (χ4v) is 3.60. The zero-order valence-electron chi connectivity index (χ0n) is 18.6. The normalized spacial score (nSPS) is 17.1. The van der Waals surface area contributed by atoms with Crippen LogP contribution < -0.4 is 10.6 Å². The molecule has 1 fully saturated rings. The Morgan fingerprint density at radius 3 is 2.42 bits per heavy atom. The van der Waals surface area contributed by atoms with Gasteiger partial charge in [-0.2, -0.15) is 5.26 Å². The lowest BCUT2D eigenvalue weighted by Gasteiger charge is -2.43. The molecule has 31 heavy (non-hydrogen) atoms. The fourth-order valence-electron chi connectivity index (χ4n) is 3.60. The van der Waals surface area contributed by atoms with E-state index >= 15 is 0 Å². The van der Waals surface area contributed by atoms with E-state index in [0.29, 0.717) is 25.6 Å². The number of amides is 2. The minimum absolute atomic E-state index is 0.0911. The first-order chi connectivity index (χ1) is 14.8. The van der Waals surface area contributed by atoms with Crippen LogP contribution in [-0.4, -0.2) is 47.0 Å². The molecule has 2 N–H and O–H groups in total. The maximum atomic E-state index is 13.0. The number of benzene rings is 2. The van der Waals surface area contributed by atoms with Gasteiger partial charge in [0, 0.05) is 25.2 Å². The lowest BCUT2D eigenvalue weighted by Crippen LogP contribution is -2.58. The van der Waals surface area contributed by atoms with Crippen LogP contribution in [0.4, 0.5) is 10.5 Å². The molecular weight excluding hydrogens is 388 g/mol. The second-order valence-electron chi connectivity index (χ2n) is 8.70. The van der Waals surface area contributed by atoms with E-state index in [4.69, 9.17) is 4.99 Å². The first-order valence-corrected chi connectivity index (χ1v) is 10.5. The molecule has 2 aromatic rings. The molecule has 0 spiro atoms. The highest BCUT2D eigenvalue weighted by molar-refractivity contribution is 5.85. The van der Waals surface area contributed by atoms with Crippen LogP contribution in [0, 0.1) is 18.4 Å². The number of carbonyl (C=O) groups excluding carboxylic acids is 1. The number of nitrogens with zero attached hydrogens (tertiary/aromatic N) is 4. The second-order valence-corrected chi connectivity index (χ2v) is 8.70. The van der Waals surface area contributed by atoms with E-state index in [-0.39, 0.29) is 17.6 Å². The van der Waals surface area contributed by atoms with Gasteiger partial charge in [0.05, 0.1) is 11.7 Å². The Labute approximate surface area is 184 Å². The highest BCUT2D eigenvalue weighted by atomic mass is 16.2. The number of rotatable bonds is 2. The summed E-state index contributed by atoms with van der Waals surface area (Å²) >= 11 is 0. The predicted molar refractivity (Wildman–Crippen MR) is 123 cm³/mol. The molecule has 1 unspecified atom stereocenters. The lowest BCUT2D eigenvalue weighted by molar-refractivity contribution is 0.121. The summed E-state index contributed by atoms with van der Waals surface area (Å²) in [6.45, 7) is 9.53. The SMILES string of the molecule is Cc1ccccc1N=C(NC#N)N1CCN(C(=O)NC(C)(C)C)C(c2ccccc2)C1. The van der Waals surface area contributed by atoms with Gasteiger partial charge in [0.2, 0.25) is 5.96 Å². The summed E-state index contributed by atoms with van der Waals surface area (Å²) in [6.07, 6.45) is 2.01. The number of para-hydroxylation sites is 1. The Bertz CT molecular complexity index is 974. The highest BCUT2D eigenvalue weighted by Crippen LogP contribution is 2.27. The molecular formula is C24H30N6O. The second kappa shape index (κ2) is 9.52. The van der Waals surface area contributed by atoms with Crippen molar-refractivity contribution in [3.8, 4) is 6.19 Å². The quantitative estimate of drug-likeness (QED) is 0.335. The van der Waals surface area contributed by atoms with E-state index in [9.17, 15) is 10.1 Å². The van der Waals surface area contributed by atoms with E-state index in [1.54, 1.807) is 0 Å². The van der Waals surface area contributed by atoms with Crippen LogP contribution in [0.5, 0.6) is 0 Å². The van der Waals surface area contributed by atoms with E-state index in [1.807, 2.05) is 98.3 Å². The van der Waals surface area contributed by atoms with Gasteiger partial charge in [-0.25, -0.2) is 9.79 Å². The molecule has 7 heteroatoms. The Morgan fingerprint density at radius 2 is 1.77 bits per heavy atom. The average molecular weight is 419 g/mol. The number of aliphatic imine (C=N–C) groups is 1. The maximum Gasteiger partial charge on any atom is 0.318 e. The molecule has 3 rings (SSSR count). The van der Waals surface area contributed by atoms with Crippen LogP contribution in [0.1, 0.15) is 37.9 Å². The summed E-state index contributed by atoms with van der Waals surface area (Å²) in [7, 11) is 0. The molecule has 1 heterocycles. The molecule has 1 atom stereocenters. The van der Waals surface area contributed by atoms with Gasteiger partial charge in [0.1, 0.15) is 0 Å². The van der Waals surface area contributed by atoms with Gasteiger partial charge in [-0.05, 0) is 44.9 Å².